The molecule has 0 fully saturated rings. The third-order valence-electron chi connectivity index (χ3n) is 3.49. The number of benzene rings is 2. The number of nitrogens with zero attached hydrogens (tertiary/aromatic N) is 1. The molecule has 2 aromatic carbocycles. The second-order valence-corrected chi connectivity index (χ2v) is 6.26. The third-order valence-corrected chi connectivity index (χ3v) is 4.12. The van der Waals surface area contributed by atoms with E-state index in [2.05, 4.69) is 10.2 Å². The molecule has 0 spiro atoms. The zero-order valence-electron chi connectivity index (χ0n) is 14.7. The smallest absolute Gasteiger partial charge is 0.310 e. The molecule has 0 atom stereocenters. The molecule has 0 radical (unpaired) electrons. The molecule has 0 aliphatic rings. The van der Waals surface area contributed by atoms with Crippen molar-refractivity contribution in [3.63, 3.8) is 0 Å². The first-order chi connectivity index (χ1) is 13.5. The average molecular weight is 429 g/mol. The number of carbonyl (C=O) groups excluding carboxylic acids is 1. The maximum Gasteiger partial charge on any atom is 0.310 e. The predicted molar refractivity (Wildman–Crippen MR) is 105 cm³/mol. The van der Waals surface area contributed by atoms with Crippen molar-refractivity contribution in [1.82, 2.24) is 0 Å². The number of ether oxygens (including phenoxy) is 2. The van der Waals surface area contributed by atoms with Crippen molar-refractivity contribution in [3.05, 3.63) is 68.2 Å². The topological polar surface area (TPSA) is 99.9 Å². The number of rotatable bonds is 11. The van der Waals surface area contributed by atoms with E-state index in [0.717, 1.165) is 0 Å². The van der Waals surface area contributed by atoms with Gasteiger partial charge in [0, 0.05) is 5.69 Å². The lowest BCUT2D eigenvalue weighted by atomic mass is 10.1. The minimum atomic E-state index is -0.898. The molecule has 0 aliphatic carbocycles. The van der Waals surface area contributed by atoms with Crippen LogP contribution in [0.2, 0.25) is 10.0 Å². The maximum atomic E-state index is 12.1. The van der Waals surface area contributed by atoms with E-state index >= 15 is 0 Å². The number of anilines is 2. The van der Waals surface area contributed by atoms with E-state index in [4.69, 9.17) is 32.7 Å². The van der Waals surface area contributed by atoms with Gasteiger partial charge in [0.15, 0.2) is 0 Å². The predicted octanol–water partition coefficient (Wildman–Crippen LogP) is 4.05. The molecule has 0 aromatic heterocycles. The Morgan fingerprint density at radius 1 is 1.00 bits per heavy atom. The summed E-state index contributed by atoms with van der Waals surface area (Å²) in [7, 11) is 0. The van der Waals surface area contributed by atoms with Crippen molar-refractivity contribution in [1.29, 1.82) is 0 Å². The summed E-state index contributed by atoms with van der Waals surface area (Å²) in [6.45, 7) is -0.000346. The molecule has 28 heavy (non-hydrogen) atoms. The molecule has 2 rings (SSSR count). The van der Waals surface area contributed by atoms with Crippen molar-refractivity contribution in [3.8, 4) is 0 Å². The highest BCUT2D eigenvalue weighted by Gasteiger charge is 2.12. The SMILES string of the molecule is O=C(Cc1ccccc1Nc1c(Cl)cccc1Cl)OCCOCCO[N+](=O)[O-]. The summed E-state index contributed by atoms with van der Waals surface area (Å²) in [6.07, 6.45) is 0.0374. The molecule has 10 heteroatoms. The van der Waals surface area contributed by atoms with E-state index in [-0.39, 0.29) is 32.8 Å². The van der Waals surface area contributed by atoms with Gasteiger partial charge in [-0.25, -0.2) is 0 Å². The number of para-hydroxylation sites is 2. The number of carbonyl (C=O) groups is 1. The fourth-order valence-corrected chi connectivity index (χ4v) is 2.73. The van der Waals surface area contributed by atoms with Crippen LogP contribution in [0.5, 0.6) is 0 Å². The minimum absolute atomic E-state index is 0.0310. The summed E-state index contributed by atoms with van der Waals surface area (Å²) in [4.78, 5) is 26.1. The lowest BCUT2D eigenvalue weighted by molar-refractivity contribution is -0.758. The number of esters is 1. The van der Waals surface area contributed by atoms with Gasteiger partial charge in [-0.3, -0.25) is 4.79 Å². The summed E-state index contributed by atoms with van der Waals surface area (Å²) in [5.74, 6) is -0.440. The Hall–Kier alpha value is -2.55. The molecule has 8 nitrogen and oxygen atoms in total. The van der Waals surface area contributed by atoms with Gasteiger partial charge in [-0.1, -0.05) is 47.5 Å². The lowest BCUT2D eigenvalue weighted by Crippen LogP contribution is -2.15. The number of nitrogens with one attached hydrogen (secondary N) is 1. The zero-order chi connectivity index (χ0) is 20.4. The van der Waals surface area contributed by atoms with Crippen molar-refractivity contribution < 1.29 is 24.2 Å². The molecular weight excluding hydrogens is 411 g/mol. The van der Waals surface area contributed by atoms with E-state index in [1.165, 1.54) is 0 Å². The maximum absolute atomic E-state index is 12.1. The van der Waals surface area contributed by atoms with E-state index < -0.39 is 11.1 Å². The van der Waals surface area contributed by atoms with E-state index in [0.29, 0.717) is 27.0 Å². The standard InChI is InChI=1S/C18H18Cl2N2O6/c19-14-5-3-6-15(20)18(14)21-16-7-2-1-4-13(16)12-17(23)27-10-8-26-9-11-28-22(24)25/h1-7,21H,8-12H2. The van der Waals surface area contributed by atoms with Crippen LogP contribution >= 0.6 is 23.2 Å². The molecule has 0 heterocycles. The third kappa shape index (κ3) is 7.22. The summed E-state index contributed by atoms with van der Waals surface area (Å²) < 4.78 is 10.2. The molecule has 0 saturated carbocycles. The Balaban J connectivity index is 1.84. The zero-order valence-corrected chi connectivity index (χ0v) is 16.2. The average Bonchev–Trinajstić information content (AvgIpc) is 2.65. The summed E-state index contributed by atoms with van der Waals surface area (Å²) in [5.41, 5.74) is 1.95. The Labute approximate surface area is 171 Å². The van der Waals surface area contributed by atoms with Crippen molar-refractivity contribution in [2.75, 3.05) is 31.7 Å². The van der Waals surface area contributed by atoms with E-state index in [1.54, 1.807) is 36.4 Å². The fraction of sp³-hybridized carbons (Fsp3) is 0.278. The summed E-state index contributed by atoms with van der Waals surface area (Å²) in [6, 6.07) is 12.4. The quantitative estimate of drug-likeness (QED) is 0.249. The van der Waals surface area contributed by atoms with Gasteiger partial charge in [0.25, 0.3) is 5.09 Å². The van der Waals surface area contributed by atoms with Crippen molar-refractivity contribution in [2.24, 2.45) is 0 Å². The van der Waals surface area contributed by atoms with Gasteiger partial charge in [0.05, 0.1) is 35.4 Å². The second-order valence-electron chi connectivity index (χ2n) is 5.45. The monoisotopic (exact) mass is 428 g/mol. The number of hydrogen-bond acceptors (Lipinski definition) is 7. The summed E-state index contributed by atoms with van der Waals surface area (Å²) in [5, 5.41) is 13.1. The Morgan fingerprint density at radius 3 is 2.39 bits per heavy atom. The van der Waals surface area contributed by atoms with Crippen LogP contribution in [0.3, 0.4) is 0 Å². The molecule has 0 saturated heterocycles. The molecule has 0 bridgehead atoms. The molecule has 150 valence electrons. The van der Waals surface area contributed by atoms with Gasteiger partial charge in [0.2, 0.25) is 0 Å². The van der Waals surface area contributed by atoms with Crippen molar-refractivity contribution in [2.45, 2.75) is 6.42 Å². The highest BCUT2D eigenvalue weighted by Crippen LogP contribution is 2.33. The largest absolute Gasteiger partial charge is 0.463 e. The first-order valence-corrected chi connectivity index (χ1v) is 9.02. The highest BCUT2D eigenvalue weighted by molar-refractivity contribution is 6.39. The molecule has 2 aromatic rings. The Bertz CT molecular complexity index is 798. The van der Waals surface area contributed by atoms with Gasteiger partial charge in [0.1, 0.15) is 13.2 Å². The number of hydrogen-bond donors (Lipinski definition) is 1. The van der Waals surface area contributed by atoms with Crippen LogP contribution in [-0.2, 0) is 25.5 Å². The summed E-state index contributed by atoms with van der Waals surface area (Å²) >= 11 is 12.4. The highest BCUT2D eigenvalue weighted by atomic mass is 35.5. The second kappa shape index (κ2) is 11.3. The van der Waals surface area contributed by atoms with Crippen LogP contribution in [-0.4, -0.2) is 37.5 Å². The van der Waals surface area contributed by atoms with E-state index in [1.807, 2.05) is 6.07 Å². The van der Waals surface area contributed by atoms with Crippen LogP contribution in [0.25, 0.3) is 0 Å². The molecule has 0 aliphatic heterocycles. The van der Waals surface area contributed by atoms with Gasteiger partial charge in [-0.05, 0) is 23.8 Å². The number of halogens is 2. The fourth-order valence-electron chi connectivity index (χ4n) is 2.24. The lowest BCUT2D eigenvalue weighted by Gasteiger charge is -2.14. The molecule has 0 unspecified atom stereocenters. The van der Waals surface area contributed by atoms with Crippen molar-refractivity contribution >= 4 is 40.5 Å². The first kappa shape index (κ1) is 21.7. The van der Waals surface area contributed by atoms with Gasteiger partial charge in [-0.15, -0.1) is 10.1 Å². The minimum Gasteiger partial charge on any atom is -0.463 e. The van der Waals surface area contributed by atoms with Crippen LogP contribution in [0.4, 0.5) is 11.4 Å². The van der Waals surface area contributed by atoms with E-state index in [9.17, 15) is 14.9 Å². The first-order valence-electron chi connectivity index (χ1n) is 8.27. The normalized spacial score (nSPS) is 10.4. The molecular formula is C18H18Cl2N2O6. The van der Waals surface area contributed by atoms with Crippen LogP contribution in [0, 0.1) is 10.1 Å². The van der Waals surface area contributed by atoms with Crippen LogP contribution in [0.15, 0.2) is 42.5 Å². The Kier molecular flexibility index (Phi) is 8.80. The molecule has 0 amide bonds. The van der Waals surface area contributed by atoms with Gasteiger partial charge >= 0.3 is 5.97 Å². The van der Waals surface area contributed by atoms with Gasteiger partial charge in [-0.2, -0.15) is 0 Å². The van der Waals surface area contributed by atoms with Gasteiger partial charge < -0.3 is 19.6 Å². The van der Waals surface area contributed by atoms with Crippen LogP contribution in [0.1, 0.15) is 5.56 Å². The van der Waals surface area contributed by atoms with Crippen LogP contribution < -0.4 is 5.32 Å². The molecule has 1 N–H and O–H groups in total. The Morgan fingerprint density at radius 2 is 1.68 bits per heavy atom.